The molecule has 0 saturated carbocycles. The summed E-state index contributed by atoms with van der Waals surface area (Å²) in [6.07, 6.45) is 2.04. The van der Waals surface area contributed by atoms with Crippen molar-refractivity contribution in [2.75, 3.05) is 0 Å². The smallest absolute Gasteiger partial charge is 0.00139 e. The second-order valence-corrected chi connectivity index (χ2v) is 5.81. The molecule has 0 heterocycles. The fraction of sp³-hybridized carbons (Fsp3) is 0.0909. The largest absolute Gasteiger partial charge is 0.0622 e. The maximum atomic E-state index is 2.26. The molecule has 106 valence electrons. The summed E-state index contributed by atoms with van der Waals surface area (Å²) in [6, 6.07) is 30.4. The molecule has 1 aliphatic carbocycles. The number of benzene rings is 3. The Bertz CT molecular complexity index is 740. The lowest BCUT2D eigenvalue weighted by molar-refractivity contribution is 1.12. The molecule has 0 saturated heterocycles. The third-order valence-corrected chi connectivity index (χ3v) is 4.46. The average molecular weight is 282 g/mol. The van der Waals surface area contributed by atoms with Gasteiger partial charge >= 0.3 is 0 Å². The first-order chi connectivity index (χ1) is 10.9. The quantitative estimate of drug-likeness (QED) is 0.590. The highest BCUT2D eigenvalue weighted by molar-refractivity contribution is 5.94. The molecule has 0 aromatic heterocycles. The van der Waals surface area contributed by atoms with E-state index in [1.54, 1.807) is 0 Å². The number of hydrogen-bond acceptors (Lipinski definition) is 0. The Balaban J connectivity index is 1.89. The van der Waals surface area contributed by atoms with Crippen LogP contribution in [-0.2, 0) is 12.8 Å². The zero-order valence-electron chi connectivity index (χ0n) is 12.5. The minimum absolute atomic E-state index is 1.02. The number of fused-ring (bicyclic) bond motifs is 1. The van der Waals surface area contributed by atoms with Crippen molar-refractivity contribution in [2.45, 2.75) is 12.8 Å². The zero-order valence-corrected chi connectivity index (χ0v) is 12.5. The molecule has 0 N–H and O–H groups in total. The van der Waals surface area contributed by atoms with Crippen LogP contribution in [0.25, 0.3) is 11.1 Å². The van der Waals surface area contributed by atoms with Crippen LogP contribution in [0, 0.1) is 0 Å². The van der Waals surface area contributed by atoms with E-state index in [9.17, 15) is 0 Å². The van der Waals surface area contributed by atoms with Crippen LogP contribution >= 0.6 is 0 Å². The van der Waals surface area contributed by atoms with Gasteiger partial charge in [0.15, 0.2) is 0 Å². The van der Waals surface area contributed by atoms with Gasteiger partial charge in [0.2, 0.25) is 0 Å². The monoisotopic (exact) mass is 282 g/mol. The molecule has 22 heavy (non-hydrogen) atoms. The van der Waals surface area contributed by atoms with Crippen LogP contribution in [-0.4, -0.2) is 0 Å². The van der Waals surface area contributed by atoms with Crippen molar-refractivity contribution in [3.8, 4) is 0 Å². The number of rotatable bonds is 2. The highest BCUT2D eigenvalue weighted by atomic mass is 14.2. The molecule has 0 unspecified atom stereocenters. The Morgan fingerprint density at radius 1 is 0.409 bits per heavy atom. The van der Waals surface area contributed by atoms with Crippen molar-refractivity contribution in [3.05, 3.63) is 107 Å². The molecule has 0 aliphatic heterocycles. The molecule has 4 rings (SSSR count). The van der Waals surface area contributed by atoms with Crippen LogP contribution in [0.3, 0.4) is 0 Å². The van der Waals surface area contributed by atoms with Gasteiger partial charge in [-0.3, -0.25) is 0 Å². The van der Waals surface area contributed by atoms with E-state index >= 15 is 0 Å². The van der Waals surface area contributed by atoms with Gasteiger partial charge in [-0.2, -0.15) is 0 Å². The second kappa shape index (κ2) is 5.65. The fourth-order valence-electron chi connectivity index (χ4n) is 3.33. The molecular formula is C22H18. The van der Waals surface area contributed by atoms with E-state index in [2.05, 4.69) is 84.9 Å². The molecule has 0 nitrogen and oxygen atoms in total. The molecule has 0 bridgehead atoms. The molecule has 3 aromatic rings. The Morgan fingerprint density at radius 3 is 1.18 bits per heavy atom. The van der Waals surface area contributed by atoms with Gasteiger partial charge in [-0.05, 0) is 46.2 Å². The Morgan fingerprint density at radius 2 is 0.773 bits per heavy atom. The van der Waals surface area contributed by atoms with Gasteiger partial charge in [0.1, 0.15) is 0 Å². The molecule has 1 aliphatic rings. The van der Waals surface area contributed by atoms with E-state index in [4.69, 9.17) is 0 Å². The first kappa shape index (κ1) is 13.1. The zero-order chi connectivity index (χ0) is 14.8. The van der Waals surface area contributed by atoms with Gasteiger partial charge in [0.25, 0.3) is 0 Å². The van der Waals surface area contributed by atoms with Gasteiger partial charge in [-0.1, -0.05) is 84.9 Å². The summed E-state index contributed by atoms with van der Waals surface area (Å²) in [6.45, 7) is 0. The molecule has 0 spiro atoms. The molecule has 0 atom stereocenters. The third kappa shape index (κ3) is 2.37. The van der Waals surface area contributed by atoms with Gasteiger partial charge in [0, 0.05) is 0 Å². The maximum absolute atomic E-state index is 2.26. The van der Waals surface area contributed by atoms with Crippen molar-refractivity contribution in [3.63, 3.8) is 0 Å². The lowest BCUT2D eigenvalue weighted by Gasteiger charge is -2.24. The van der Waals surface area contributed by atoms with Crippen LogP contribution in [0.4, 0.5) is 0 Å². The van der Waals surface area contributed by atoms with E-state index in [0.717, 1.165) is 12.8 Å². The predicted octanol–water partition coefficient (Wildman–Crippen LogP) is 5.40. The fourth-order valence-corrected chi connectivity index (χ4v) is 3.33. The van der Waals surface area contributed by atoms with Crippen molar-refractivity contribution in [1.29, 1.82) is 0 Å². The average Bonchev–Trinajstić information content (AvgIpc) is 2.62. The Hall–Kier alpha value is -2.60. The summed E-state index contributed by atoms with van der Waals surface area (Å²) in [4.78, 5) is 0. The minimum Gasteiger partial charge on any atom is -0.0622 e. The molecule has 0 fully saturated rings. The first-order valence-corrected chi connectivity index (χ1v) is 7.81. The first-order valence-electron chi connectivity index (χ1n) is 7.81. The van der Waals surface area contributed by atoms with Crippen LogP contribution in [0.1, 0.15) is 22.3 Å². The normalized spacial score (nSPS) is 13.8. The van der Waals surface area contributed by atoms with Crippen LogP contribution < -0.4 is 0 Å². The molecule has 0 radical (unpaired) electrons. The summed E-state index contributed by atoms with van der Waals surface area (Å²) >= 11 is 0. The van der Waals surface area contributed by atoms with Gasteiger partial charge in [0.05, 0.1) is 0 Å². The standard InChI is InChI=1S/C22H18/c1-3-9-17(10-4-1)21-15-19-13-7-8-14-20(19)16-22(21)18-11-5-2-6-12-18/h1-14H,15-16H2. The maximum Gasteiger partial charge on any atom is -0.00139 e. The van der Waals surface area contributed by atoms with E-state index in [-0.39, 0.29) is 0 Å². The van der Waals surface area contributed by atoms with Crippen molar-refractivity contribution in [2.24, 2.45) is 0 Å². The second-order valence-electron chi connectivity index (χ2n) is 5.81. The van der Waals surface area contributed by atoms with Crippen LogP contribution in [0.15, 0.2) is 84.9 Å². The SMILES string of the molecule is c1ccc(C2=C(c3ccccc3)Cc3ccccc3C2)cc1. The minimum atomic E-state index is 1.02. The summed E-state index contributed by atoms with van der Waals surface area (Å²) in [5.41, 5.74) is 8.53. The lowest BCUT2D eigenvalue weighted by atomic mass is 9.80. The van der Waals surface area contributed by atoms with Crippen molar-refractivity contribution in [1.82, 2.24) is 0 Å². The number of allylic oxidation sites excluding steroid dienone is 2. The van der Waals surface area contributed by atoms with Gasteiger partial charge in [-0.15, -0.1) is 0 Å². The molecule has 0 heteroatoms. The summed E-state index contributed by atoms with van der Waals surface area (Å²) in [7, 11) is 0. The van der Waals surface area contributed by atoms with Crippen molar-refractivity contribution >= 4 is 11.1 Å². The molecular weight excluding hydrogens is 264 g/mol. The molecule has 3 aromatic carbocycles. The lowest BCUT2D eigenvalue weighted by Crippen LogP contribution is -2.08. The highest BCUT2D eigenvalue weighted by Gasteiger charge is 2.19. The van der Waals surface area contributed by atoms with Crippen molar-refractivity contribution < 1.29 is 0 Å². The summed E-state index contributed by atoms with van der Waals surface area (Å²) in [5.74, 6) is 0. The third-order valence-electron chi connectivity index (χ3n) is 4.46. The van der Waals surface area contributed by atoms with Crippen LogP contribution in [0.2, 0.25) is 0 Å². The Labute approximate surface area is 131 Å². The van der Waals surface area contributed by atoms with E-state index in [0.29, 0.717) is 0 Å². The van der Waals surface area contributed by atoms with Gasteiger partial charge in [-0.25, -0.2) is 0 Å². The van der Waals surface area contributed by atoms with E-state index in [1.165, 1.54) is 33.4 Å². The summed E-state index contributed by atoms with van der Waals surface area (Å²) in [5, 5.41) is 0. The van der Waals surface area contributed by atoms with Crippen LogP contribution in [0.5, 0.6) is 0 Å². The van der Waals surface area contributed by atoms with Gasteiger partial charge < -0.3 is 0 Å². The topological polar surface area (TPSA) is 0 Å². The predicted molar refractivity (Wildman–Crippen MR) is 93.5 cm³/mol. The van der Waals surface area contributed by atoms with E-state index < -0.39 is 0 Å². The summed E-state index contributed by atoms with van der Waals surface area (Å²) < 4.78 is 0. The molecule has 0 amide bonds. The van der Waals surface area contributed by atoms with E-state index in [1.807, 2.05) is 0 Å². The highest BCUT2D eigenvalue weighted by Crippen LogP contribution is 2.37. The number of hydrogen-bond donors (Lipinski definition) is 0. The Kier molecular flexibility index (Phi) is 3.36.